The van der Waals surface area contributed by atoms with Gasteiger partial charge in [-0.1, -0.05) is 29.3 Å². The first-order valence-corrected chi connectivity index (χ1v) is 8.12. The van der Waals surface area contributed by atoms with Gasteiger partial charge in [-0.2, -0.15) is 0 Å². The van der Waals surface area contributed by atoms with Gasteiger partial charge in [0.2, 0.25) is 5.91 Å². The van der Waals surface area contributed by atoms with E-state index in [1.165, 1.54) is 0 Å². The van der Waals surface area contributed by atoms with Crippen LogP contribution in [0, 0.1) is 0 Å². The van der Waals surface area contributed by atoms with Crippen molar-refractivity contribution in [3.8, 4) is 0 Å². The average Bonchev–Trinajstić information content (AvgIpc) is 2.59. The van der Waals surface area contributed by atoms with Crippen LogP contribution >= 0.6 is 23.2 Å². The van der Waals surface area contributed by atoms with Crippen LogP contribution < -0.4 is 4.90 Å². The number of benzene rings is 1. The maximum Gasteiger partial charge on any atom is 0.227 e. The molecule has 5 nitrogen and oxygen atoms in total. The van der Waals surface area contributed by atoms with Gasteiger partial charge in [0.15, 0.2) is 0 Å². The Morgan fingerprint density at radius 1 is 1.09 bits per heavy atom. The molecule has 7 heteroatoms. The van der Waals surface area contributed by atoms with Crippen molar-refractivity contribution in [1.82, 2.24) is 14.9 Å². The maximum atomic E-state index is 12.4. The van der Waals surface area contributed by atoms with Crippen molar-refractivity contribution >= 4 is 34.9 Å². The van der Waals surface area contributed by atoms with Crippen LogP contribution in [0.1, 0.15) is 5.56 Å². The quantitative estimate of drug-likeness (QED) is 0.853. The number of aromatic nitrogens is 2. The zero-order chi connectivity index (χ0) is 16.2. The first-order chi connectivity index (χ1) is 11.1. The predicted octanol–water partition coefficient (Wildman–Crippen LogP) is 2.67. The molecule has 1 aromatic heterocycles. The molecule has 1 fully saturated rings. The van der Waals surface area contributed by atoms with E-state index >= 15 is 0 Å². The lowest BCUT2D eigenvalue weighted by molar-refractivity contribution is -0.130. The van der Waals surface area contributed by atoms with Crippen LogP contribution in [0.5, 0.6) is 0 Å². The second-order valence-corrected chi connectivity index (χ2v) is 6.17. The van der Waals surface area contributed by atoms with Gasteiger partial charge >= 0.3 is 0 Å². The number of nitrogens with zero attached hydrogens (tertiary/aromatic N) is 4. The fourth-order valence-electron chi connectivity index (χ4n) is 2.58. The number of rotatable bonds is 3. The van der Waals surface area contributed by atoms with E-state index in [-0.39, 0.29) is 5.91 Å². The van der Waals surface area contributed by atoms with Gasteiger partial charge in [-0.15, -0.1) is 0 Å². The van der Waals surface area contributed by atoms with Crippen LogP contribution in [0.25, 0.3) is 0 Å². The van der Waals surface area contributed by atoms with E-state index in [1.54, 1.807) is 30.7 Å². The van der Waals surface area contributed by atoms with Crippen molar-refractivity contribution in [1.29, 1.82) is 0 Å². The Bertz CT molecular complexity index is 688. The number of halogens is 2. The van der Waals surface area contributed by atoms with Gasteiger partial charge < -0.3 is 9.80 Å². The molecule has 1 aromatic carbocycles. The van der Waals surface area contributed by atoms with Crippen LogP contribution in [0.15, 0.2) is 36.8 Å². The van der Waals surface area contributed by atoms with Gasteiger partial charge in [0, 0.05) is 38.6 Å². The Balaban J connectivity index is 1.57. The van der Waals surface area contributed by atoms with Gasteiger partial charge in [0.25, 0.3) is 0 Å². The number of anilines is 1. The smallest absolute Gasteiger partial charge is 0.227 e. The summed E-state index contributed by atoms with van der Waals surface area (Å²) in [6.45, 7) is 2.87. The normalized spacial score (nSPS) is 14.9. The molecule has 1 aliphatic rings. The molecule has 0 atom stereocenters. The Labute approximate surface area is 144 Å². The molecule has 3 rings (SSSR count). The van der Waals surface area contributed by atoms with E-state index in [1.807, 2.05) is 11.0 Å². The average molecular weight is 351 g/mol. The van der Waals surface area contributed by atoms with Crippen LogP contribution in [-0.2, 0) is 11.2 Å². The highest BCUT2D eigenvalue weighted by Gasteiger charge is 2.22. The molecule has 0 bridgehead atoms. The molecule has 1 saturated heterocycles. The van der Waals surface area contributed by atoms with E-state index < -0.39 is 0 Å². The van der Waals surface area contributed by atoms with E-state index in [9.17, 15) is 4.79 Å². The number of hydrogen-bond donors (Lipinski definition) is 0. The zero-order valence-corrected chi connectivity index (χ0v) is 14.0. The number of carbonyl (C=O) groups is 1. The predicted molar refractivity (Wildman–Crippen MR) is 91.0 cm³/mol. The highest BCUT2D eigenvalue weighted by molar-refractivity contribution is 6.42. The monoisotopic (exact) mass is 350 g/mol. The van der Waals surface area contributed by atoms with Crippen LogP contribution in [0.3, 0.4) is 0 Å². The zero-order valence-electron chi connectivity index (χ0n) is 12.5. The van der Waals surface area contributed by atoms with Gasteiger partial charge in [-0.05, 0) is 17.7 Å². The summed E-state index contributed by atoms with van der Waals surface area (Å²) in [5, 5.41) is 0.977. The lowest BCUT2D eigenvalue weighted by Gasteiger charge is -2.35. The summed E-state index contributed by atoms with van der Waals surface area (Å²) in [6.07, 6.45) is 5.41. The fourth-order valence-corrected chi connectivity index (χ4v) is 2.90. The van der Waals surface area contributed by atoms with Crippen molar-refractivity contribution in [3.63, 3.8) is 0 Å². The summed E-state index contributed by atoms with van der Waals surface area (Å²) in [6, 6.07) is 5.30. The molecule has 0 N–H and O–H groups in total. The fraction of sp³-hybridized carbons (Fsp3) is 0.312. The minimum absolute atomic E-state index is 0.0992. The Morgan fingerprint density at radius 2 is 1.87 bits per heavy atom. The van der Waals surface area contributed by atoms with Crippen molar-refractivity contribution in [2.45, 2.75) is 6.42 Å². The van der Waals surface area contributed by atoms with Crippen molar-refractivity contribution < 1.29 is 4.79 Å². The molecular formula is C16H16Cl2N4O. The van der Waals surface area contributed by atoms with Crippen LogP contribution in [0.2, 0.25) is 10.0 Å². The first kappa shape index (κ1) is 16.0. The maximum absolute atomic E-state index is 12.4. The van der Waals surface area contributed by atoms with E-state index in [0.29, 0.717) is 29.6 Å². The van der Waals surface area contributed by atoms with E-state index in [4.69, 9.17) is 23.2 Å². The lowest BCUT2D eigenvalue weighted by atomic mass is 10.1. The third kappa shape index (κ3) is 3.92. The third-order valence-corrected chi connectivity index (χ3v) is 4.58. The molecule has 2 heterocycles. The topological polar surface area (TPSA) is 49.3 Å². The van der Waals surface area contributed by atoms with Gasteiger partial charge in [0.1, 0.15) is 5.82 Å². The largest absolute Gasteiger partial charge is 0.352 e. The Morgan fingerprint density at radius 3 is 2.52 bits per heavy atom. The molecular weight excluding hydrogens is 335 g/mol. The Kier molecular flexibility index (Phi) is 4.98. The Hall–Kier alpha value is -1.85. The van der Waals surface area contributed by atoms with Gasteiger partial charge in [-0.25, -0.2) is 4.98 Å². The summed E-state index contributed by atoms with van der Waals surface area (Å²) in [5.41, 5.74) is 0.876. The number of carbonyl (C=O) groups excluding carboxylic acids is 1. The minimum atomic E-state index is 0.0992. The molecule has 0 saturated carbocycles. The first-order valence-electron chi connectivity index (χ1n) is 7.36. The lowest BCUT2D eigenvalue weighted by Crippen LogP contribution is -2.49. The summed E-state index contributed by atoms with van der Waals surface area (Å²) >= 11 is 11.9. The number of amides is 1. The van der Waals surface area contributed by atoms with E-state index in [2.05, 4.69) is 14.9 Å². The third-order valence-electron chi connectivity index (χ3n) is 3.85. The summed E-state index contributed by atoms with van der Waals surface area (Å²) in [4.78, 5) is 24.8. The molecule has 0 unspecified atom stereocenters. The number of hydrogen-bond acceptors (Lipinski definition) is 4. The molecule has 0 spiro atoms. The molecule has 0 aliphatic carbocycles. The SMILES string of the molecule is O=C(Cc1ccc(Cl)c(Cl)c1)N1CCN(c2cnccn2)CC1. The standard InChI is InChI=1S/C16H16Cl2N4O/c17-13-2-1-12(9-14(13)18)10-16(23)22-7-5-21(6-8-22)15-11-19-3-4-20-15/h1-4,9,11H,5-8,10H2. The van der Waals surface area contributed by atoms with Crippen molar-refractivity contribution in [2.24, 2.45) is 0 Å². The molecule has 1 amide bonds. The molecule has 2 aromatic rings. The number of piperazine rings is 1. The van der Waals surface area contributed by atoms with Gasteiger partial charge in [0.05, 0.1) is 22.7 Å². The summed E-state index contributed by atoms with van der Waals surface area (Å²) < 4.78 is 0. The second-order valence-electron chi connectivity index (χ2n) is 5.36. The molecule has 23 heavy (non-hydrogen) atoms. The van der Waals surface area contributed by atoms with Crippen molar-refractivity contribution in [3.05, 3.63) is 52.4 Å². The molecule has 1 aliphatic heterocycles. The summed E-state index contributed by atoms with van der Waals surface area (Å²) in [7, 11) is 0. The minimum Gasteiger partial charge on any atom is -0.352 e. The molecule has 0 radical (unpaired) electrons. The van der Waals surface area contributed by atoms with Crippen LogP contribution in [0.4, 0.5) is 5.82 Å². The van der Waals surface area contributed by atoms with E-state index in [0.717, 1.165) is 24.5 Å². The van der Waals surface area contributed by atoms with Crippen LogP contribution in [-0.4, -0.2) is 47.0 Å². The van der Waals surface area contributed by atoms with Gasteiger partial charge in [-0.3, -0.25) is 9.78 Å². The highest BCUT2D eigenvalue weighted by Crippen LogP contribution is 2.23. The second kappa shape index (κ2) is 7.15. The summed E-state index contributed by atoms with van der Waals surface area (Å²) in [5.74, 6) is 0.950. The van der Waals surface area contributed by atoms with Crippen molar-refractivity contribution in [2.75, 3.05) is 31.1 Å². The molecule has 120 valence electrons. The highest BCUT2D eigenvalue weighted by atomic mass is 35.5.